The van der Waals surface area contributed by atoms with Gasteiger partial charge in [0, 0.05) is 0 Å². The van der Waals surface area contributed by atoms with Gasteiger partial charge in [0.15, 0.2) is 0 Å². The highest BCUT2D eigenvalue weighted by atomic mass is 15.3. The van der Waals surface area contributed by atoms with E-state index in [9.17, 15) is 0 Å². The Morgan fingerprint density at radius 2 is 2.10 bits per heavy atom. The lowest BCUT2D eigenvalue weighted by atomic mass is 10.2. The molecule has 1 heterocycles. The molecule has 1 aliphatic heterocycles. The Bertz CT molecular complexity index is 151. The average Bonchev–Trinajstić information content (AvgIpc) is 2.17. The Balaban J connectivity index is 2.66. The lowest BCUT2D eigenvalue weighted by Crippen LogP contribution is -2.33. The molecule has 2 nitrogen and oxygen atoms in total. The van der Waals surface area contributed by atoms with Gasteiger partial charge in [-0.05, 0) is 20.8 Å². The fourth-order valence-corrected chi connectivity index (χ4v) is 1.43. The Morgan fingerprint density at radius 1 is 1.50 bits per heavy atom. The van der Waals surface area contributed by atoms with E-state index < -0.39 is 0 Å². The van der Waals surface area contributed by atoms with Gasteiger partial charge >= 0.3 is 0 Å². The summed E-state index contributed by atoms with van der Waals surface area (Å²) in [6.45, 7) is 7.85. The molecule has 0 saturated carbocycles. The van der Waals surface area contributed by atoms with Gasteiger partial charge < -0.3 is 0 Å². The summed E-state index contributed by atoms with van der Waals surface area (Å²) in [5.74, 6) is 0. The van der Waals surface area contributed by atoms with Crippen LogP contribution in [0, 0.1) is 0 Å². The van der Waals surface area contributed by atoms with Crippen molar-refractivity contribution in [2.24, 2.45) is 0 Å². The molecule has 1 rings (SSSR count). The van der Waals surface area contributed by atoms with Crippen molar-refractivity contribution < 1.29 is 4.58 Å². The first kappa shape index (κ1) is 7.58. The highest BCUT2D eigenvalue weighted by molar-refractivity contribution is 5.51. The lowest BCUT2D eigenvalue weighted by molar-refractivity contribution is -0.522. The fourth-order valence-electron chi connectivity index (χ4n) is 1.43. The molecule has 0 aliphatic carbocycles. The van der Waals surface area contributed by atoms with Crippen LogP contribution >= 0.6 is 0 Å². The van der Waals surface area contributed by atoms with E-state index in [1.807, 2.05) is 0 Å². The van der Waals surface area contributed by atoms with Crippen molar-refractivity contribution in [2.75, 3.05) is 13.6 Å². The van der Waals surface area contributed by atoms with Crippen LogP contribution in [-0.2, 0) is 0 Å². The first-order valence-corrected chi connectivity index (χ1v) is 3.99. The molecule has 2 atom stereocenters. The summed E-state index contributed by atoms with van der Waals surface area (Å²) in [6, 6.07) is 1.34. The number of nitrogens with zero attached hydrogens (tertiary/aromatic N) is 2. The summed E-state index contributed by atoms with van der Waals surface area (Å²) < 4.78 is 2.27. The monoisotopic (exact) mass is 141 g/mol. The zero-order chi connectivity index (χ0) is 7.72. The Hall–Kier alpha value is -0.530. The summed E-state index contributed by atoms with van der Waals surface area (Å²) in [5, 5.41) is 0. The molecule has 0 spiro atoms. The number of hydrogen-bond acceptors (Lipinski definition) is 1. The molecule has 0 fully saturated rings. The van der Waals surface area contributed by atoms with Gasteiger partial charge in [-0.15, -0.1) is 0 Å². The molecule has 0 aromatic heterocycles. The van der Waals surface area contributed by atoms with Crippen LogP contribution in [0.3, 0.4) is 0 Å². The smallest absolute Gasteiger partial charge is 0.234 e. The van der Waals surface area contributed by atoms with E-state index in [0.29, 0.717) is 12.1 Å². The molecule has 2 heteroatoms. The highest BCUT2D eigenvalue weighted by Crippen LogP contribution is 2.09. The summed E-state index contributed by atoms with van der Waals surface area (Å²) in [4.78, 5) is 2.37. The predicted octanol–water partition coefficient (Wildman–Crippen LogP) is 0.770. The van der Waals surface area contributed by atoms with Crippen molar-refractivity contribution in [3.63, 3.8) is 0 Å². The minimum Gasteiger partial charge on any atom is -0.264 e. The average molecular weight is 141 g/mol. The molecule has 0 aromatic rings. The van der Waals surface area contributed by atoms with Gasteiger partial charge in [-0.1, -0.05) is 0 Å². The van der Waals surface area contributed by atoms with Gasteiger partial charge in [0.25, 0.3) is 0 Å². The molecule has 0 amide bonds. The molecule has 0 saturated heterocycles. The van der Waals surface area contributed by atoms with Crippen molar-refractivity contribution in [1.29, 1.82) is 0 Å². The van der Waals surface area contributed by atoms with Gasteiger partial charge in [-0.3, -0.25) is 9.48 Å². The standard InChI is InChI=1S/C8H17N2/c1-5-10-6-9(4)7(2)8(10)3/h6-8H,5H2,1-4H3/q+1. The lowest BCUT2D eigenvalue weighted by Gasteiger charge is -2.13. The van der Waals surface area contributed by atoms with Gasteiger partial charge in [0.1, 0.15) is 12.1 Å². The first-order chi connectivity index (χ1) is 4.66. The maximum absolute atomic E-state index is 2.37. The van der Waals surface area contributed by atoms with Crippen molar-refractivity contribution in [1.82, 2.24) is 4.90 Å². The van der Waals surface area contributed by atoms with Gasteiger partial charge in [0.05, 0.1) is 13.6 Å². The second kappa shape index (κ2) is 2.60. The van der Waals surface area contributed by atoms with Crippen LogP contribution in [0.4, 0.5) is 0 Å². The Labute approximate surface area is 63.2 Å². The van der Waals surface area contributed by atoms with Gasteiger partial charge in [-0.2, -0.15) is 0 Å². The number of hydrogen-bond donors (Lipinski definition) is 0. The predicted molar refractivity (Wildman–Crippen MR) is 43.6 cm³/mol. The Morgan fingerprint density at radius 3 is 2.30 bits per heavy atom. The Kier molecular flexibility index (Phi) is 1.97. The third-order valence-electron chi connectivity index (χ3n) is 2.56. The largest absolute Gasteiger partial charge is 0.264 e. The fraction of sp³-hybridized carbons (Fsp3) is 0.875. The van der Waals surface area contributed by atoms with E-state index in [1.54, 1.807) is 0 Å². The van der Waals surface area contributed by atoms with Crippen LogP contribution in [0.25, 0.3) is 0 Å². The zero-order valence-corrected chi connectivity index (χ0v) is 7.33. The topological polar surface area (TPSA) is 6.25 Å². The van der Waals surface area contributed by atoms with Crippen molar-refractivity contribution in [3.8, 4) is 0 Å². The second-order valence-electron chi connectivity index (χ2n) is 3.09. The van der Waals surface area contributed by atoms with Gasteiger partial charge in [-0.25, -0.2) is 0 Å². The van der Waals surface area contributed by atoms with Crippen molar-refractivity contribution in [2.45, 2.75) is 32.9 Å². The first-order valence-electron chi connectivity index (χ1n) is 3.99. The molecular formula is C8H17N2+. The third-order valence-corrected chi connectivity index (χ3v) is 2.56. The quantitative estimate of drug-likeness (QED) is 0.489. The maximum atomic E-state index is 2.37. The zero-order valence-electron chi connectivity index (χ0n) is 7.33. The summed E-state index contributed by atoms with van der Waals surface area (Å²) in [7, 11) is 2.14. The van der Waals surface area contributed by atoms with Crippen LogP contribution < -0.4 is 0 Å². The molecular weight excluding hydrogens is 124 g/mol. The molecule has 10 heavy (non-hydrogen) atoms. The minimum atomic E-state index is 0.667. The molecule has 58 valence electrons. The van der Waals surface area contributed by atoms with E-state index in [4.69, 9.17) is 0 Å². The summed E-state index contributed by atoms with van der Waals surface area (Å²) in [6.07, 6.45) is 2.20. The van der Waals surface area contributed by atoms with Crippen LogP contribution in [0.2, 0.25) is 0 Å². The molecule has 0 bridgehead atoms. The van der Waals surface area contributed by atoms with Crippen molar-refractivity contribution >= 4 is 6.34 Å². The second-order valence-corrected chi connectivity index (χ2v) is 3.09. The van der Waals surface area contributed by atoms with Crippen LogP contribution in [0.1, 0.15) is 20.8 Å². The number of likely N-dealkylation sites (N-methyl/N-ethyl adjacent to an activating group) is 2. The van der Waals surface area contributed by atoms with Gasteiger partial charge in [0.2, 0.25) is 6.34 Å². The van der Waals surface area contributed by atoms with E-state index in [1.165, 1.54) is 0 Å². The van der Waals surface area contributed by atoms with E-state index >= 15 is 0 Å². The van der Waals surface area contributed by atoms with E-state index in [0.717, 1.165) is 6.54 Å². The summed E-state index contributed by atoms with van der Waals surface area (Å²) >= 11 is 0. The maximum Gasteiger partial charge on any atom is 0.234 e. The minimum absolute atomic E-state index is 0.667. The van der Waals surface area contributed by atoms with Crippen LogP contribution in [0.15, 0.2) is 0 Å². The van der Waals surface area contributed by atoms with Crippen molar-refractivity contribution in [3.05, 3.63) is 0 Å². The molecule has 1 aliphatic rings. The van der Waals surface area contributed by atoms with E-state index in [-0.39, 0.29) is 0 Å². The van der Waals surface area contributed by atoms with E-state index in [2.05, 4.69) is 43.6 Å². The third kappa shape index (κ3) is 1.02. The normalized spacial score (nSPS) is 32.8. The molecule has 0 radical (unpaired) electrons. The molecule has 0 aromatic carbocycles. The summed E-state index contributed by atoms with van der Waals surface area (Å²) in [5.41, 5.74) is 0. The molecule has 0 N–H and O–H groups in total. The highest BCUT2D eigenvalue weighted by Gasteiger charge is 2.31. The SMILES string of the molecule is CCN1C=[N+](C)C(C)C1C. The van der Waals surface area contributed by atoms with Crippen LogP contribution in [0.5, 0.6) is 0 Å². The van der Waals surface area contributed by atoms with Crippen LogP contribution in [-0.4, -0.2) is 41.5 Å². The molecule has 2 unspecified atom stereocenters. The number of rotatable bonds is 1.